The fourth-order valence-electron chi connectivity index (χ4n) is 4.76. The number of carbonyl (C=O) groups is 4. The Labute approximate surface area is 240 Å². The van der Waals surface area contributed by atoms with Crippen LogP contribution in [0.1, 0.15) is 39.2 Å². The molecule has 2 saturated heterocycles. The molecule has 1 atom stereocenters. The minimum Gasteiger partial charge on any atom is -0.445 e. The van der Waals surface area contributed by atoms with Crippen LogP contribution in [0.15, 0.2) is 30.9 Å². The molecule has 0 aromatic heterocycles. The van der Waals surface area contributed by atoms with E-state index in [9.17, 15) is 28.0 Å². The molecule has 1 unspecified atom stereocenters. The average molecular weight is 605 g/mol. The number of nitrogens with one attached hydrogen (secondary N) is 2. The first-order valence-electron chi connectivity index (χ1n) is 12.5. The van der Waals surface area contributed by atoms with Gasteiger partial charge in [0.25, 0.3) is 0 Å². The third-order valence-electron chi connectivity index (χ3n) is 6.82. The van der Waals surface area contributed by atoms with Crippen molar-refractivity contribution in [2.45, 2.75) is 45.1 Å². The number of halogens is 4. The summed E-state index contributed by atoms with van der Waals surface area (Å²) in [6.07, 6.45) is 0.877. The van der Waals surface area contributed by atoms with Gasteiger partial charge < -0.3 is 19.3 Å². The van der Waals surface area contributed by atoms with Crippen LogP contribution >= 0.6 is 23.2 Å². The lowest BCUT2D eigenvalue weighted by Gasteiger charge is -2.42. The van der Waals surface area contributed by atoms with Crippen LogP contribution in [0.3, 0.4) is 0 Å². The van der Waals surface area contributed by atoms with Crippen LogP contribution in [0.5, 0.6) is 0 Å². The number of amides is 4. The molecule has 2 aliphatic rings. The van der Waals surface area contributed by atoms with Gasteiger partial charge in [-0.1, -0.05) is 41.9 Å². The van der Waals surface area contributed by atoms with Gasteiger partial charge in [0.2, 0.25) is 5.91 Å². The number of likely N-dealkylation sites (tertiary alicyclic amines) is 2. The third-order valence-corrected chi connectivity index (χ3v) is 7.56. The summed E-state index contributed by atoms with van der Waals surface area (Å²) in [6, 6.07) is 2.94. The van der Waals surface area contributed by atoms with Gasteiger partial charge in [0.15, 0.2) is 0 Å². The van der Waals surface area contributed by atoms with Crippen molar-refractivity contribution in [3.63, 3.8) is 0 Å². The summed E-state index contributed by atoms with van der Waals surface area (Å²) in [5.74, 6) is -7.46. The van der Waals surface area contributed by atoms with Gasteiger partial charge in [-0.3, -0.25) is 20.4 Å². The molecule has 3 rings (SSSR count). The first-order valence-corrected chi connectivity index (χ1v) is 13.3. The van der Waals surface area contributed by atoms with Gasteiger partial charge in [-0.15, -0.1) is 0 Å². The molecule has 2 N–H and O–H groups in total. The summed E-state index contributed by atoms with van der Waals surface area (Å²) in [6.45, 7) is 9.27. The Morgan fingerprint density at radius 2 is 1.73 bits per heavy atom. The SMILES string of the molecule is C=CCOC(=O)N1CC(C(=O)NNC(=O)C(F)(F)c2ccc(Cl)c(Cl)c2)C2(CCN(C(=O)OC(C)(C)C)CC2)C1. The fourth-order valence-corrected chi connectivity index (χ4v) is 5.06. The highest BCUT2D eigenvalue weighted by Crippen LogP contribution is 2.45. The highest BCUT2D eigenvalue weighted by molar-refractivity contribution is 6.42. The second-order valence-corrected chi connectivity index (χ2v) is 11.6. The molecule has 1 aromatic carbocycles. The van der Waals surface area contributed by atoms with Gasteiger partial charge in [0.1, 0.15) is 12.2 Å². The van der Waals surface area contributed by atoms with Gasteiger partial charge >= 0.3 is 24.0 Å². The van der Waals surface area contributed by atoms with Gasteiger partial charge in [-0.25, -0.2) is 9.59 Å². The standard InChI is InChI=1S/C26H32Cl2F2N4O6/c1-5-12-39-22(37)34-14-17(25(15-34)8-10-33(11-9-25)23(38)40-24(2,3)4)20(35)31-32-21(36)26(29,30)16-6-7-18(27)19(28)13-16/h5-7,13,17H,1,8-12,14-15H2,2-4H3,(H,31,35)(H,32,36). The number of piperidine rings is 1. The van der Waals surface area contributed by atoms with Crippen molar-refractivity contribution in [3.8, 4) is 0 Å². The number of nitrogens with zero attached hydrogens (tertiary/aromatic N) is 2. The lowest BCUT2D eigenvalue weighted by Crippen LogP contribution is -2.54. The topological polar surface area (TPSA) is 117 Å². The monoisotopic (exact) mass is 604 g/mol. The Hall–Kier alpha value is -3.12. The van der Waals surface area contributed by atoms with Crippen LogP contribution in [0.2, 0.25) is 10.0 Å². The van der Waals surface area contributed by atoms with Crippen LogP contribution in [0, 0.1) is 11.3 Å². The first-order chi connectivity index (χ1) is 18.6. The van der Waals surface area contributed by atoms with E-state index in [2.05, 4.69) is 12.0 Å². The molecule has 0 radical (unpaired) electrons. The lowest BCUT2D eigenvalue weighted by atomic mass is 9.70. The van der Waals surface area contributed by atoms with E-state index in [1.165, 1.54) is 15.9 Å². The second-order valence-electron chi connectivity index (χ2n) is 10.8. The summed E-state index contributed by atoms with van der Waals surface area (Å²) in [5, 5.41) is -0.125. The zero-order valence-electron chi connectivity index (χ0n) is 22.4. The minimum atomic E-state index is -4.03. The lowest BCUT2D eigenvalue weighted by molar-refractivity contribution is -0.150. The number of hydrogen-bond donors (Lipinski definition) is 2. The van der Waals surface area contributed by atoms with Crippen LogP contribution < -0.4 is 10.9 Å². The van der Waals surface area contributed by atoms with Crippen LogP contribution in [-0.4, -0.2) is 72.2 Å². The molecule has 2 fully saturated rings. The number of rotatable bonds is 5. The summed E-state index contributed by atoms with van der Waals surface area (Å²) < 4.78 is 40.1. The third kappa shape index (κ3) is 7.14. The van der Waals surface area contributed by atoms with Crippen LogP contribution in [-0.2, 0) is 25.0 Å². The Morgan fingerprint density at radius 3 is 2.30 bits per heavy atom. The molecule has 0 bridgehead atoms. The summed E-state index contributed by atoms with van der Waals surface area (Å²) in [5.41, 5.74) is 1.68. The average Bonchev–Trinajstić information content (AvgIpc) is 3.25. The summed E-state index contributed by atoms with van der Waals surface area (Å²) in [7, 11) is 0. The van der Waals surface area contributed by atoms with E-state index in [0.717, 1.165) is 18.2 Å². The molecule has 14 heteroatoms. The maximum atomic E-state index is 14.8. The fraction of sp³-hybridized carbons (Fsp3) is 0.538. The maximum absolute atomic E-state index is 14.8. The number of alkyl halides is 2. The minimum absolute atomic E-state index is 0.0362. The Bertz CT molecular complexity index is 1170. The van der Waals surface area contributed by atoms with E-state index >= 15 is 0 Å². The van der Waals surface area contributed by atoms with E-state index < -0.39 is 52.4 Å². The predicted molar refractivity (Wildman–Crippen MR) is 143 cm³/mol. The van der Waals surface area contributed by atoms with Crippen LogP contribution in [0.4, 0.5) is 18.4 Å². The number of ether oxygens (including phenoxy) is 2. The quantitative estimate of drug-likeness (QED) is 0.377. The second kappa shape index (κ2) is 12.2. The van der Waals surface area contributed by atoms with E-state index in [1.54, 1.807) is 26.2 Å². The molecule has 0 saturated carbocycles. The van der Waals surface area contributed by atoms with E-state index in [-0.39, 0.29) is 42.8 Å². The number of carbonyl (C=O) groups excluding carboxylic acids is 4. The van der Waals surface area contributed by atoms with E-state index in [0.29, 0.717) is 12.8 Å². The molecular formula is C26H32Cl2F2N4O6. The first kappa shape index (κ1) is 31.4. The summed E-state index contributed by atoms with van der Waals surface area (Å²) >= 11 is 11.6. The molecule has 4 amide bonds. The van der Waals surface area contributed by atoms with Crippen molar-refractivity contribution >= 4 is 47.2 Å². The highest BCUT2D eigenvalue weighted by Gasteiger charge is 2.53. The zero-order valence-corrected chi connectivity index (χ0v) is 23.9. The highest BCUT2D eigenvalue weighted by atomic mass is 35.5. The van der Waals surface area contributed by atoms with Crippen molar-refractivity contribution in [1.29, 1.82) is 0 Å². The Balaban J connectivity index is 1.73. The smallest absolute Gasteiger partial charge is 0.410 e. The number of benzene rings is 1. The van der Waals surface area contributed by atoms with Gasteiger partial charge in [-0.2, -0.15) is 8.78 Å². The molecule has 1 spiro atoms. The van der Waals surface area contributed by atoms with Crippen molar-refractivity contribution in [2.75, 3.05) is 32.8 Å². The molecule has 220 valence electrons. The number of hydrogen-bond acceptors (Lipinski definition) is 6. The molecule has 10 nitrogen and oxygen atoms in total. The van der Waals surface area contributed by atoms with Crippen LogP contribution in [0.25, 0.3) is 0 Å². The van der Waals surface area contributed by atoms with Crippen molar-refractivity contribution in [2.24, 2.45) is 11.3 Å². The largest absolute Gasteiger partial charge is 0.445 e. The number of hydrazine groups is 1. The predicted octanol–water partition coefficient (Wildman–Crippen LogP) is 4.50. The maximum Gasteiger partial charge on any atom is 0.410 e. The van der Waals surface area contributed by atoms with Gasteiger partial charge in [0.05, 0.1) is 16.0 Å². The van der Waals surface area contributed by atoms with Gasteiger partial charge in [-0.05, 0) is 45.7 Å². The molecule has 1 aromatic rings. The van der Waals surface area contributed by atoms with Gasteiger partial charge in [0, 0.05) is 37.2 Å². The molecule has 2 heterocycles. The van der Waals surface area contributed by atoms with E-state index in [1.807, 2.05) is 0 Å². The molecule has 40 heavy (non-hydrogen) atoms. The normalized spacial score (nSPS) is 18.7. The molecular weight excluding hydrogens is 573 g/mol. The van der Waals surface area contributed by atoms with E-state index in [4.69, 9.17) is 32.7 Å². The Morgan fingerprint density at radius 1 is 1.07 bits per heavy atom. The van der Waals surface area contributed by atoms with Crippen molar-refractivity contribution in [1.82, 2.24) is 20.7 Å². The Kier molecular flexibility index (Phi) is 9.56. The zero-order chi connectivity index (χ0) is 29.9. The van der Waals surface area contributed by atoms with Crippen molar-refractivity contribution in [3.05, 3.63) is 46.5 Å². The van der Waals surface area contributed by atoms with Crippen molar-refractivity contribution < 1.29 is 37.4 Å². The summed E-state index contributed by atoms with van der Waals surface area (Å²) in [4.78, 5) is 53.6. The molecule has 0 aliphatic carbocycles. The molecule has 2 aliphatic heterocycles.